The molecule has 1 aliphatic rings. The van der Waals surface area contributed by atoms with Crippen molar-refractivity contribution in [3.8, 4) is 0 Å². The summed E-state index contributed by atoms with van der Waals surface area (Å²) in [5, 5.41) is 6.72. The molecule has 0 saturated carbocycles. The lowest BCUT2D eigenvalue weighted by Gasteiger charge is -2.29. The molecule has 1 aliphatic heterocycles. The zero-order chi connectivity index (χ0) is 20.6. The van der Waals surface area contributed by atoms with Crippen LogP contribution in [0.25, 0.3) is 0 Å². The van der Waals surface area contributed by atoms with Crippen molar-refractivity contribution in [1.29, 1.82) is 0 Å². The summed E-state index contributed by atoms with van der Waals surface area (Å²) in [5.74, 6) is 1.43. The minimum absolute atomic E-state index is 0. The van der Waals surface area contributed by atoms with E-state index in [1.807, 2.05) is 12.1 Å². The number of halogens is 1. The average Bonchev–Trinajstić information content (AvgIpc) is 3.15. The SMILES string of the molecule is CCNC(=NCC(C(C)C)N1CCCC1)NCCc1ccc(S(C)(=O)=O)cc1.I. The molecule has 0 spiro atoms. The molecule has 0 amide bonds. The number of likely N-dealkylation sites (tertiary alicyclic amines) is 1. The van der Waals surface area contributed by atoms with Crippen molar-refractivity contribution in [1.82, 2.24) is 15.5 Å². The number of hydrogen-bond donors (Lipinski definition) is 2. The molecule has 1 saturated heterocycles. The number of benzene rings is 1. The van der Waals surface area contributed by atoms with E-state index in [0.29, 0.717) is 16.9 Å². The van der Waals surface area contributed by atoms with Crippen LogP contribution >= 0.6 is 24.0 Å². The van der Waals surface area contributed by atoms with Crippen molar-refractivity contribution in [2.24, 2.45) is 10.9 Å². The molecule has 1 aromatic carbocycles. The molecule has 0 radical (unpaired) electrons. The smallest absolute Gasteiger partial charge is 0.191 e. The first-order valence-electron chi connectivity index (χ1n) is 10.4. The molecule has 6 nitrogen and oxygen atoms in total. The van der Waals surface area contributed by atoms with Gasteiger partial charge in [0.15, 0.2) is 15.8 Å². The Bertz CT molecular complexity index is 730. The van der Waals surface area contributed by atoms with Crippen molar-refractivity contribution in [2.45, 2.75) is 51.0 Å². The Hall–Kier alpha value is -0.870. The summed E-state index contributed by atoms with van der Waals surface area (Å²) >= 11 is 0. The van der Waals surface area contributed by atoms with Gasteiger partial charge < -0.3 is 10.6 Å². The van der Waals surface area contributed by atoms with Gasteiger partial charge >= 0.3 is 0 Å². The van der Waals surface area contributed by atoms with E-state index in [1.165, 1.54) is 32.2 Å². The van der Waals surface area contributed by atoms with Crippen LogP contribution in [0.4, 0.5) is 0 Å². The molecule has 0 aromatic heterocycles. The number of hydrogen-bond acceptors (Lipinski definition) is 4. The maximum atomic E-state index is 11.5. The van der Waals surface area contributed by atoms with Crippen LogP contribution in [0, 0.1) is 5.92 Å². The molecule has 166 valence electrons. The molecule has 2 N–H and O–H groups in total. The highest BCUT2D eigenvalue weighted by Crippen LogP contribution is 2.18. The number of sulfone groups is 1. The first-order chi connectivity index (χ1) is 13.3. The first-order valence-corrected chi connectivity index (χ1v) is 12.3. The zero-order valence-corrected chi connectivity index (χ0v) is 21.3. The zero-order valence-electron chi connectivity index (χ0n) is 18.1. The van der Waals surface area contributed by atoms with E-state index in [4.69, 9.17) is 4.99 Å². The van der Waals surface area contributed by atoms with E-state index in [1.54, 1.807) is 12.1 Å². The normalized spacial score (nSPS) is 16.5. The Balaban J connectivity index is 0.00000420. The lowest BCUT2D eigenvalue weighted by molar-refractivity contribution is 0.197. The van der Waals surface area contributed by atoms with Crippen LogP contribution in [-0.4, -0.2) is 64.3 Å². The topological polar surface area (TPSA) is 73.8 Å². The van der Waals surface area contributed by atoms with Gasteiger partial charge in [-0.2, -0.15) is 0 Å². The van der Waals surface area contributed by atoms with Crippen LogP contribution in [0.3, 0.4) is 0 Å². The Morgan fingerprint density at radius 1 is 1.14 bits per heavy atom. The van der Waals surface area contributed by atoms with Gasteiger partial charge in [0.05, 0.1) is 11.4 Å². The van der Waals surface area contributed by atoms with Crippen LogP contribution in [0.2, 0.25) is 0 Å². The molecular weight excluding hydrogens is 499 g/mol. The van der Waals surface area contributed by atoms with Gasteiger partial charge in [0.25, 0.3) is 0 Å². The minimum Gasteiger partial charge on any atom is -0.357 e. The van der Waals surface area contributed by atoms with Crippen molar-refractivity contribution < 1.29 is 8.42 Å². The number of aliphatic imine (C=N–C) groups is 1. The highest BCUT2D eigenvalue weighted by atomic mass is 127. The predicted octanol–water partition coefficient (Wildman–Crippen LogP) is 2.93. The molecule has 1 unspecified atom stereocenters. The summed E-state index contributed by atoms with van der Waals surface area (Å²) < 4.78 is 23.1. The number of guanidine groups is 1. The average molecular weight is 537 g/mol. The maximum absolute atomic E-state index is 11.5. The second-order valence-electron chi connectivity index (χ2n) is 7.87. The Labute approximate surface area is 193 Å². The summed E-state index contributed by atoms with van der Waals surface area (Å²) in [5.41, 5.74) is 1.10. The van der Waals surface area contributed by atoms with E-state index < -0.39 is 9.84 Å². The van der Waals surface area contributed by atoms with Crippen LogP contribution in [0.1, 0.15) is 39.2 Å². The second-order valence-corrected chi connectivity index (χ2v) is 9.88. The molecule has 8 heteroatoms. The Morgan fingerprint density at radius 2 is 1.76 bits per heavy atom. The first kappa shape index (κ1) is 26.2. The van der Waals surface area contributed by atoms with Gasteiger partial charge in [-0.25, -0.2) is 8.42 Å². The fourth-order valence-corrected chi connectivity index (χ4v) is 4.21. The molecule has 2 rings (SSSR count). The van der Waals surface area contributed by atoms with E-state index >= 15 is 0 Å². The number of nitrogens with zero attached hydrogens (tertiary/aromatic N) is 2. The highest BCUT2D eigenvalue weighted by molar-refractivity contribution is 14.0. The van der Waals surface area contributed by atoms with Crippen LogP contribution in [-0.2, 0) is 16.3 Å². The molecule has 1 atom stereocenters. The fraction of sp³-hybridized carbons (Fsp3) is 0.667. The standard InChI is InChI=1S/C21H36N4O2S.HI/c1-5-22-21(24-16-20(17(2)3)25-14-6-7-15-25)23-13-12-18-8-10-19(11-9-18)28(4,26)27;/h8-11,17,20H,5-7,12-16H2,1-4H3,(H2,22,23,24);1H. The van der Waals surface area contributed by atoms with E-state index in [2.05, 4.69) is 36.3 Å². The van der Waals surface area contributed by atoms with Crippen molar-refractivity contribution >= 4 is 39.8 Å². The summed E-state index contributed by atoms with van der Waals surface area (Å²) in [6.07, 6.45) is 4.64. The molecule has 1 aromatic rings. The third-order valence-electron chi connectivity index (χ3n) is 5.22. The van der Waals surface area contributed by atoms with Crippen molar-refractivity contribution in [3.05, 3.63) is 29.8 Å². The van der Waals surface area contributed by atoms with Crippen LogP contribution < -0.4 is 10.6 Å². The third-order valence-corrected chi connectivity index (χ3v) is 6.35. The monoisotopic (exact) mass is 536 g/mol. The van der Waals surface area contributed by atoms with Gasteiger partial charge in [0.1, 0.15) is 0 Å². The lowest BCUT2D eigenvalue weighted by atomic mass is 10.0. The van der Waals surface area contributed by atoms with Gasteiger partial charge in [-0.05, 0) is 62.9 Å². The third kappa shape index (κ3) is 8.80. The van der Waals surface area contributed by atoms with Gasteiger partial charge in [-0.15, -0.1) is 24.0 Å². The molecule has 0 aliphatic carbocycles. The summed E-state index contributed by atoms with van der Waals surface area (Å²) in [4.78, 5) is 7.76. The van der Waals surface area contributed by atoms with Crippen molar-refractivity contribution in [2.75, 3.05) is 39.0 Å². The predicted molar refractivity (Wildman–Crippen MR) is 132 cm³/mol. The highest BCUT2D eigenvalue weighted by Gasteiger charge is 2.24. The van der Waals surface area contributed by atoms with Gasteiger partial charge in [0, 0.05) is 25.4 Å². The molecule has 29 heavy (non-hydrogen) atoms. The van der Waals surface area contributed by atoms with Gasteiger partial charge in [-0.3, -0.25) is 9.89 Å². The summed E-state index contributed by atoms with van der Waals surface area (Å²) in [6, 6.07) is 7.59. The molecule has 1 fully saturated rings. The van der Waals surface area contributed by atoms with E-state index in [9.17, 15) is 8.42 Å². The lowest BCUT2D eigenvalue weighted by Crippen LogP contribution is -2.42. The van der Waals surface area contributed by atoms with Crippen LogP contribution in [0.15, 0.2) is 34.2 Å². The maximum Gasteiger partial charge on any atom is 0.191 e. The number of rotatable bonds is 9. The number of nitrogens with one attached hydrogen (secondary N) is 2. The molecular formula is C21H37IN4O2S. The van der Waals surface area contributed by atoms with E-state index in [-0.39, 0.29) is 24.0 Å². The van der Waals surface area contributed by atoms with Gasteiger partial charge in [-0.1, -0.05) is 26.0 Å². The Morgan fingerprint density at radius 3 is 2.28 bits per heavy atom. The second kappa shape index (κ2) is 12.7. The molecule has 1 heterocycles. The quantitative estimate of drug-likeness (QED) is 0.289. The summed E-state index contributed by atoms with van der Waals surface area (Å²) in [7, 11) is -3.14. The van der Waals surface area contributed by atoms with Crippen LogP contribution in [0.5, 0.6) is 0 Å². The molecule has 0 bridgehead atoms. The van der Waals surface area contributed by atoms with Crippen molar-refractivity contribution in [3.63, 3.8) is 0 Å². The Kier molecular flexibility index (Phi) is 11.5. The minimum atomic E-state index is -3.14. The fourth-order valence-electron chi connectivity index (χ4n) is 3.58. The van der Waals surface area contributed by atoms with Gasteiger partial charge in [0.2, 0.25) is 0 Å². The van der Waals surface area contributed by atoms with E-state index in [0.717, 1.165) is 37.6 Å². The summed E-state index contributed by atoms with van der Waals surface area (Å²) in [6.45, 7) is 11.4. The largest absolute Gasteiger partial charge is 0.357 e.